The Morgan fingerprint density at radius 3 is 2.62 bits per heavy atom. The molecular formula is C8H5BrF3N3O. The van der Waals surface area contributed by atoms with E-state index in [4.69, 9.17) is 11.0 Å². The third-order valence-electron chi connectivity index (χ3n) is 1.61. The minimum absolute atomic E-state index is 0.0453. The first-order valence-electron chi connectivity index (χ1n) is 3.92. The van der Waals surface area contributed by atoms with Crippen LogP contribution in [0.1, 0.15) is 11.3 Å². The molecule has 0 spiro atoms. The van der Waals surface area contributed by atoms with Gasteiger partial charge >= 0.3 is 6.36 Å². The molecule has 0 aromatic carbocycles. The lowest BCUT2D eigenvalue weighted by molar-refractivity contribution is -0.275. The Balaban J connectivity index is 3.32. The van der Waals surface area contributed by atoms with E-state index >= 15 is 0 Å². The minimum atomic E-state index is -4.89. The maximum absolute atomic E-state index is 12.1. The summed E-state index contributed by atoms with van der Waals surface area (Å²) in [4.78, 5) is 3.50. The lowest BCUT2D eigenvalue weighted by Crippen LogP contribution is -2.20. The maximum atomic E-state index is 12.1. The Morgan fingerprint density at radius 2 is 2.19 bits per heavy atom. The number of hydrogen-bond donors (Lipinski definition) is 1. The molecule has 0 aliphatic rings. The summed E-state index contributed by atoms with van der Waals surface area (Å²) in [6, 6.07) is 1.51. The molecule has 1 heterocycles. The van der Waals surface area contributed by atoms with Crippen LogP contribution in [0.4, 0.5) is 13.2 Å². The topological polar surface area (TPSA) is 71.9 Å². The SMILES string of the molecule is N#Cc1ncc(Br)c(CN)c1OC(F)(F)F. The largest absolute Gasteiger partial charge is 0.573 e. The number of pyridine rings is 1. The second kappa shape index (κ2) is 4.67. The monoisotopic (exact) mass is 295 g/mol. The smallest absolute Gasteiger partial charge is 0.402 e. The highest BCUT2D eigenvalue weighted by Gasteiger charge is 2.34. The molecule has 1 rings (SSSR count). The fourth-order valence-corrected chi connectivity index (χ4v) is 1.45. The van der Waals surface area contributed by atoms with E-state index in [-0.39, 0.29) is 16.6 Å². The average Bonchev–Trinajstić information content (AvgIpc) is 2.16. The van der Waals surface area contributed by atoms with E-state index in [1.807, 2.05) is 0 Å². The van der Waals surface area contributed by atoms with Crippen molar-refractivity contribution in [1.82, 2.24) is 4.98 Å². The molecule has 0 amide bonds. The van der Waals surface area contributed by atoms with Crippen LogP contribution in [0.2, 0.25) is 0 Å². The number of nitrogens with zero attached hydrogens (tertiary/aromatic N) is 2. The zero-order valence-electron chi connectivity index (χ0n) is 7.68. The number of rotatable bonds is 2. The molecule has 0 atom stereocenters. The number of nitrogens with two attached hydrogens (primary N) is 1. The molecule has 0 aliphatic carbocycles. The molecule has 1 aromatic rings. The molecular weight excluding hydrogens is 291 g/mol. The van der Waals surface area contributed by atoms with E-state index < -0.39 is 17.8 Å². The number of aromatic nitrogens is 1. The van der Waals surface area contributed by atoms with Gasteiger partial charge < -0.3 is 10.5 Å². The zero-order valence-corrected chi connectivity index (χ0v) is 9.26. The molecule has 8 heteroatoms. The van der Waals surface area contributed by atoms with Gasteiger partial charge in [-0.3, -0.25) is 0 Å². The third-order valence-corrected chi connectivity index (χ3v) is 2.30. The van der Waals surface area contributed by atoms with Crippen LogP contribution in [0.5, 0.6) is 5.75 Å². The molecule has 0 fully saturated rings. The molecule has 86 valence electrons. The number of alkyl halides is 3. The van der Waals surface area contributed by atoms with Crippen molar-refractivity contribution < 1.29 is 17.9 Å². The Hall–Kier alpha value is -1.33. The first-order chi connectivity index (χ1) is 7.39. The highest BCUT2D eigenvalue weighted by molar-refractivity contribution is 9.10. The van der Waals surface area contributed by atoms with Crippen LogP contribution in [-0.4, -0.2) is 11.3 Å². The van der Waals surface area contributed by atoms with Gasteiger partial charge in [0.1, 0.15) is 6.07 Å². The van der Waals surface area contributed by atoms with Crippen molar-refractivity contribution in [2.75, 3.05) is 0 Å². The molecule has 2 N–H and O–H groups in total. The van der Waals surface area contributed by atoms with E-state index in [0.717, 1.165) is 0 Å². The summed E-state index contributed by atoms with van der Waals surface area (Å²) < 4.78 is 40.3. The van der Waals surface area contributed by atoms with Crippen molar-refractivity contribution in [3.05, 3.63) is 21.9 Å². The summed E-state index contributed by atoms with van der Waals surface area (Å²) in [5.41, 5.74) is 4.87. The predicted octanol–water partition coefficient (Wildman–Crippen LogP) is 2.07. The molecule has 0 unspecified atom stereocenters. The van der Waals surface area contributed by atoms with E-state index in [2.05, 4.69) is 25.7 Å². The van der Waals surface area contributed by atoms with Gasteiger partial charge in [-0.25, -0.2) is 4.98 Å². The highest BCUT2D eigenvalue weighted by atomic mass is 79.9. The molecule has 0 bridgehead atoms. The van der Waals surface area contributed by atoms with Crippen LogP contribution in [0.15, 0.2) is 10.7 Å². The first kappa shape index (κ1) is 12.7. The van der Waals surface area contributed by atoms with E-state index in [0.29, 0.717) is 0 Å². The predicted molar refractivity (Wildman–Crippen MR) is 51.2 cm³/mol. The first-order valence-corrected chi connectivity index (χ1v) is 4.71. The van der Waals surface area contributed by atoms with Gasteiger partial charge in [-0.15, -0.1) is 13.2 Å². The Kier molecular flexibility index (Phi) is 3.72. The highest BCUT2D eigenvalue weighted by Crippen LogP contribution is 2.32. The van der Waals surface area contributed by atoms with Gasteiger partial charge in [0.15, 0.2) is 11.4 Å². The van der Waals surface area contributed by atoms with Gasteiger partial charge in [-0.2, -0.15) is 5.26 Å². The zero-order chi connectivity index (χ0) is 12.3. The molecule has 1 aromatic heterocycles. The van der Waals surface area contributed by atoms with Crippen molar-refractivity contribution in [3.8, 4) is 11.8 Å². The summed E-state index contributed by atoms with van der Waals surface area (Å²) in [5.74, 6) is -0.660. The van der Waals surface area contributed by atoms with E-state index in [1.54, 1.807) is 0 Å². The van der Waals surface area contributed by atoms with Crippen molar-refractivity contribution in [1.29, 1.82) is 5.26 Å². The van der Waals surface area contributed by atoms with Crippen molar-refractivity contribution in [3.63, 3.8) is 0 Å². The van der Waals surface area contributed by atoms with Crippen LogP contribution in [0, 0.1) is 11.3 Å². The summed E-state index contributed by atoms with van der Waals surface area (Å²) in [6.45, 7) is -0.205. The van der Waals surface area contributed by atoms with Crippen LogP contribution in [-0.2, 0) is 6.54 Å². The third kappa shape index (κ3) is 2.84. The number of ether oxygens (including phenoxy) is 1. The van der Waals surface area contributed by atoms with Crippen LogP contribution in [0.3, 0.4) is 0 Å². The summed E-state index contributed by atoms with van der Waals surface area (Å²) in [6.07, 6.45) is -3.69. The van der Waals surface area contributed by atoms with Gasteiger partial charge in [0.25, 0.3) is 0 Å². The van der Waals surface area contributed by atoms with Crippen molar-refractivity contribution in [2.24, 2.45) is 5.73 Å². The molecule has 0 saturated heterocycles. The lowest BCUT2D eigenvalue weighted by Gasteiger charge is -2.14. The summed E-state index contributed by atoms with van der Waals surface area (Å²) in [5, 5.41) is 8.61. The van der Waals surface area contributed by atoms with Crippen LogP contribution in [0.25, 0.3) is 0 Å². The molecule has 16 heavy (non-hydrogen) atoms. The fourth-order valence-electron chi connectivity index (χ4n) is 1.00. The average molecular weight is 296 g/mol. The van der Waals surface area contributed by atoms with E-state index in [9.17, 15) is 13.2 Å². The van der Waals surface area contributed by atoms with Crippen LogP contribution >= 0.6 is 15.9 Å². The second-order valence-electron chi connectivity index (χ2n) is 2.63. The number of nitriles is 1. The standard InChI is InChI=1S/C8H5BrF3N3O/c9-5-3-15-6(2-14)7(4(5)1-13)16-8(10,11)12/h3H,1,13H2. The Labute approximate surface area is 97.0 Å². The number of halogens is 4. The second-order valence-corrected chi connectivity index (χ2v) is 3.48. The summed E-state index contributed by atoms with van der Waals surface area (Å²) >= 11 is 2.98. The quantitative estimate of drug-likeness (QED) is 0.907. The summed E-state index contributed by atoms with van der Waals surface area (Å²) in [7, 11) is 0. The van der Waals surface area contributed by atoms with Crippen molar-refractivity contribution >= 4 is 15.9 Å². The van der Waals surface area contributed by atoms with Gasteiger partial charge in [-0.1, -0.05) is 0 Å². The molecule has 0 saturated carbocycles. The minimum Gasteiger partial charge on any atom is -0.402 e. The van der Waals surface area contributed by atoms with Gasteiger partial charge in [-0.05, 0) is 15.9 Å². The number of hydrogen-bond acceptors (Lipinski definition) is 4. The Morgan fingerprint density at radius 1 is 1.56 bits per heavy atom. The maximum Gasteiger partial charge on any atom is 0.573 e. The van der Waals surface area contributed by atoms with Gasteiger partial charge in [0.2, 0.25) is 0 Å². The molecule has 0 aliphatic heterocycles. The van der Waals surface area contributed by atoms with Gasteiger partial charge in [0, 0.05) is 22.8 Å². The molecule has 4 nitrogen and oxygen atoms in total. The van der Waals surface area contributed by atoms with Crippen LogP contribution < -0.4 is 10.5 Å². The lowest BCUT2D eigenvalue weighted by atomic mass is 10.2. The molecule has 0 radical (unpaired) electrons. The fraction of sp³-hybridized carbons (Fsp3) is 0.250. The van der Waals surface area contributed by atoms with E-state index in [1.165, 1.54) is 12.3 Å². The van der Waals surface area contributed by atoms with Crippen molar-refractivity contribution in [2.45, 2.75) is 12.9 Å². The van der Waals surface area contributed by atoms with Gasteiger partial charge in [0.05, 0.1) is 0 Å². The Bertz CT molecular complexity index is 441. The normalized spacial score (nSPS) is 11.0.